The maximum absolute atomic E-state index is 14.7. The highest BCUT2D eigenvalue weighted by molar-refractivity contribution is 5.95. The smallest absolute Gasteiger partial charge is 0.377 e. The van der Waals surface area contributed by atoms with Gasteiger partial charge in [-0.05, 0) is 31.2 Å². The summed E-state index contributed by atoms with van der Waals surface area (Å²) in [6.07, 6.45) is -4.93. The average Bonchev–Trinajstić information content (AvgIpc) is 3.17. The number of fused-ring (bicyclic) bond motifs is 4. The Balaban J connectivity index is 1.54. The largest absolute Gasteiger partial charge is 0.419 e. The van der Waals surface area contributed by atoms with Gasteiger partial charge in [0, 0.05) is 6.54 Å². The molecule has 1 fully saturated rings. The molecule has 33 heavy (non-hydrogen) atoms. The lowest BCUT2D eigenvalue weighted by atomic mass is 10.0. The van der Waals surface area contributed by atoms with Crippen molar-refractivity contribution in [1.82, 2.24) is 24.6 Å². The first-order chi connectivity index (χ1) is 15.7. The summed E-state index contributed by atoms with van der Waals surface area (Å²) in [5.74, 6) is -2.29. The number of aromatic nitrogens is 4. The van der Waals surface area contributed by atoms with E-state index in [-0.39, 0.29) is 25.5 Å². The summed E-state index contributed by atoms with van der Waals surface area (Å²) >= 11 is 0. The Hall–Kier alpha value is -3.41. The SMILES string of the molecule is Cc1nc(-c2nnc3n2CC2COCC3N2C(=O)c2cccc(C(F)(F)F)c2F)ccc1F. The fourth-order valence-electron chi connectivity index (χ4n) is 4.24. The zero-order valence-electron chi connectivity index (χ0n) is 17.1. The molecule has 4 heterocycles. The van der Waals surface area contributed by atoms with Gasteiger partial charge in [0.05, 0.1) is 36.1 Å². The Kier molecular flexibility index (Phi) is 4.92. The van der Waals surface area contributed by atoms with Gasteiger partial charge in [0.25, 0.3) is 5.91 Å². The molecule has 12 heteroatoms. The summed E-state index contributed by atoms with van der Waals surface area (Å²) in [7, 11) is 0. The van der Waals surface area contributed by atoms with Gasteiger partial charge >= 0.3 is 6.18 Å². The number of aryl methyl sites for hydroxylation is 1. The van der Waals surface area contributed by atoms with Crippen molar-refractivity contribution in [2.75, 3.05) is 13.2 Å². The van der Waals surface area contributed by atoms with E-state index in [1.807, 2.05) is 0 Å². The number of pyridine rings is 1. The molecule has 2 aliphatic rings. The van der Waals surface area contributed by atoms with E-state index in [2.05, 4.69) is 15.2 Å². The number of carbonyl (C=O) groups is 1. The van der Waals surface area contributed by atoms with Crippen LogP contribution >= 0.6 is 0 Å². The molecule has 2 aliphatic heterocycles. The number of carbonyl (C=O) groups excluding carboxylic acids is 1. The van der Waals surface area contributed by atoms with E-state index in [4.69, 9.17) is 4.74 Å². The fourth-order valence-corrected chi connectivity index (χ4v) is 4.24. The third kappa shape index (κ3) is 3.45. The third-order valence-corrected chi connectivity index (χ3v) is 5.81. The Morgan fingerprint density at radius 2 is 1.91 bits per heavy atom. The Morgan fingerprint density at radius 1 is 1.12 bits per heavy atom. The lowest BCUT2D eigenvalue weighted by molar-refractivity contribution is -0.140. The van der Waals surface area contributed by atoms with E-state index in [9.17, 15) is 26.7 Å². The number of hydrogen-bond donors (Lipinski definition) is 0. The van der Waals surface area contributed by atoms with Crippen LogP contribution in [0.2, 0.25) is 0 Å². The number of benzene rings is 1. The van der Waals surface area contributed by atoms with Gasteiger partial charge in [-0.25, -0.2) is 13.8 Å². The van der Waals surface area contributed by atoms with Gasteiger partial charge in [0.1, 0.15) is 23.4 Å². The number of hydrogen-bond acceptors (Lipinski definition) is 5. The predicted octanol–water partition coefficient (Wildman–Crippen LogP) is 3.54. The summed E-state index contributed by atoms with van der Waals surface area (Å²) in [4.78, 5) is 18.7. The number of nitrogens with zero attached hydrogens (tertiary/aromatic N) is 5. The lowest BCUT2D eigenvalue weighted by Crippen LogP contribution is -2.56. The van der Waals surface area contributed by atoms with Crippen LogP contribution in [0.25, 0.3) is 11.5 Å². The van der Waals surface area contributed by atoms with Gasteiger partial charge in [-0.2, -0.15) is 13.2 Å². The van der Waals surface area contributed by atoms with E-state index in [0.717, 1.165) is 12.1 Å². The number of ether oxygens (including phenoxy) is 1. The van der Waals surface area contributed by atoms with Gasteiger partial charge in [-0.15, -0.1) is 10.2 Å². The van der Waals surface area contributed by atoms with Crippen LogP contribution < -0.4 is 0 Å². The Morgan fingerprint density at radius 3 is 2.64 bits per heavy atom. The molecular weight excluding hydrogens is 449 g/mol. The van der Waals surface area contributed by atoms with Crippen molar-refractivity contribution in [3.63, 3.8) is 0 Å². The molecule has 1 saturated heterocycles. The zero-order valence-corrected chi connectivity index (χ0v) is 17.1. The summed E-state index contributed by atoms with van der Waals surface area (Å²) in [5, 5.41) is 8.28. The van der Waals surface area contributed by atoms with Crippen LogP contribution in [0.5, 0.6) is 0 Å². The standard InChI is InChI=1S/C21H16F5N5O2/c1-10-14(22)5-6-15(27-10)18-28-29-19-16-9-33-8-11(7-30(18)19)31(16)20(32)12-3-2-4-13(17(12)23)21(24,25)26/h2-6,11,16H,7-9H2,1H3. The summed E-state index contributed by atoms with van der Waals surface area (Å²) in [5.41, 5.74) is -1.61. The first-order valence-corrected chi connectivity index (χ1v) is 9.99. The topological polar surface area (TPSA) is 73.1 Å². The summed E-state index contributed by atoms with van der Waals surface area (Å²) in [6.45, 7) is 1.77. The van der Waals surface area contributed by atoms with Gasteiger partial charge in [-0.3, -0.25) is 4.79 Å². The van der Waals surface area contributed by atoms with E-state index >= 15 is 0 Å². The molecule has 1 amide bonds. The molecule has 0 saturated carbocycles. The van der Waals surface area contributed by atoms with Gasteiger partial charge in [0.15, 0.2) is 11.6 Å². The molecule has 5 rings (SSSR count). The van der Waals surface area contributed by atoms with Gasteiger partial charge < -0.3 is 14.2 Å². The number of halogens is 5. The molecule has 3 aromatic rings. The van der Waals surface area contributed by atoms with Crippen LogP contribution in [0.4, 0.5) is 22.0 Å². The molecule has 7 nitrogen and oxygen atoms in total. The van der Waals surface area contributed by atoms with Gasteiger partial charge in [-0.1, -0.05) is 6.07 Å². The number of alkyl halides is 3. The molecule has 0 N–H and O–H groups in total. The molecule has 0 radical (unpaired) electrons. The third-order valence-electron chi connectivity index (χ3n) is 5.81. The average molecular weight is 465 g/mol. The van der Waals surface area contributed by atoms with E-state index in [1.54, 1.807) is 4.57 Å². The fraction of sp³-hybridized carbons (Fsp3) is 0.333. The van der Waals surface area contributed by atoms with Crippen LogP contribution in [-0.2, 0) is 17.5 Å². The molecule has 1 aromatic carbocycles. The number of amides is 1. The van der Waals surface area contributed by atoms with E-state index in [0.29, 0.717) is 23.4 Å². The molecule has 0 aliphatic carbocycles. The second-order valence-electron chi connectivity index (χ2n) is 7.84. The molecule has 172 valence electrons. The van der Waals surface area contributed by atoms with Crippen molar-refractivity contribution in [1.29, 1.82) is 0 Å². The van der Waals surface area contributed by atoms with Crippen LogP contribution in [0.15, 0.2) is 30.3 Å². The monoisotopic (exact) mass is 465 g/mol. The highest BCUT2D eigenvalue weighted by atomic mass is 19.4. The minimum absolute atomic E-state index is 0.0107. The Bertz CT molecular complexity index is 1260. The minimum Gasteiger partial charge on any atom is -0.377 e. The highest BCUT2D eigenvalue weighted by Gasteiger charge is 2.45. The summed E-state index contributed by atoms with van der Waals surface area (Å²) in [6, 6.07) is 3.95. The maximum atomic E-state index is 14.7. The zero-order chi connectivity index (χ0) is 23.5. The van der Waals surface area contributed by atoms with Crippen LogP contribution in [0.3, 0.4) is 0 Å². The van der Waals surface area contributed by atoms with Crippen molar-refractivity contribution in [2.24, 2.45) is 0 Å². The molecule has 2 atom stereocenters. The summed E-state index contributed by atoms with van der Waals surface area (Å²) < 4.78 is 75.0. The normalized spacial score (nSPS) is 20.0. The van der Waals surface area contributed by atoms with Gasteiger partial charge in [0.2, 0.25) is 0 Å². The minimum atomic E-state index is -4.93. The molecule has 2 bridgehead atoms. The van der Waals surface area contributed by atoms with Crippen LogP contribution in [0, 0.1) is 18.6 Å². The van der Waals surface area contributed by atoms with Crippen molar-refractivity contribution < 1.29 is 31.5 Å². The molecular formula is C21H16F5N5O2. The van der Waals surface area contributed by atoms with E-state index < -0.39 is 46.9 Å². The van der Waals surface area contributed by atoms with Crippen LogP contribution in [-0.4, -0.2) is 49.8 Å². The number of rotatable bonds is 2. The second kappa shape index (κ2) is 7.58. The van der Waals surface area contributed by atoms with Crippen molar-refractivity contribution in [3.8, 4) is 11.5 Å². The van der Waals surface area contributed by atoms with Crippen molar-refractivity contribution in [3.05, 3.63) is 64.6 Å². The molecule has 2 aromatic heterocycles. The number of morpholine rings is 1. The van der Waals surface area contributed by atoms with Crippen molar-refractivity contribution in [2.45, 2.75) is 31.7 Å². The second-order valence-corrected chi connectivity index (χ2v) is 7.84. The Labute approximate surface area is 183 Å². The predicted molar refractivity (Wildman–Crippen MR) is 103 cm³/mol. The highest BCUT2D eigenvalue weighted by Crippen LogP contribution is 2.37. The maximum Gasteiger partial charge on any atom is 0.419 e. The van der Waals surface area contributed by atoms with E-state index in [1.165, 1.54) is 24.0 Å². The van der Waals surface area contributed by atoms with Crippen molar-refractivity contribution >= 4 is 5.91 Å². The molecule has 2 unspecified atom stereocenters. The van der Waals surface area contributed by atoms with Crippen LogP contribution in [0.1, 0.15) is 33.5 Å². The quantitative estimate of drug-likeness (QED) is 0.542. The lowest BCUT2D eigenvalue weighted by Gasteiger charge is -2.45. The first-order valence-electron chi connectivity index (χ1n) is 9.99. The first kappa shape index (κ1) is 21.4. The molecule has 0 spiro atoms.